The van der Waals surface area contributed by atoms with Crippen molar-refractivity contribution in [3.63, 3.8) is 0 Å². The van der Waals surface area contributed by atoms with Gasteiger partial charge in [0.1, 0.15) is 0 Å². The van der Waals surface area contributed by atoms with E-state index in [-0.39, 0.29) is 25.7 Å². The second kappa shape index (κ2) is 17.2. The monoisotopic (exact) mass is 408 g/mol. The Bertz CT molecular complexity index is 492. The molecule has 12 nitrogen and oxygen atoms in total. The van der Waals surface area contributed by atoms with Crippen LogP contribution in [0.2, 0.25) is 0 Å². The number of unbranched alkanes of at least 4 members (excludes halogenated alkanes) is 1. The minimum Gasteiger partial charge on any atom is -0.481 e. The van der Waals surface area contributed by atoms with E-state index in [9.17, 15) is 28.8 Å². The number of carboxylic acid groups (broad SMARTS) is 4. The molecule has 1 saturated heterocycles. The van der Waals surface area contributed by atoms with Crippen molar-refractivity contribution in [2.24, 2.45) is 0 Å². The maximum Gasteiger partial charge on any atom is 0.417 e. The first-order chi connectivity index (χ1) is 13.1. The topological polar surface area (TPSA) is 202 Å². The largest absolute Gasteiger partial charge is 0.481 e. The van der Waals surface area contributed by atoms with Crippen LogP contribution in [-0.2, 0) is 38.2 Å². The summed E-state index contributed by atoms with van der Waals surface area (Å²) < 4.78 is 8.96. The van der Waals surface area contributed by atoms with Gasteiger partial charge in [-0.25, -0.2) is 9.59 Å². The molecule has 0 aromatic heterocycles. The molecule has 1 heterocycles. The summed E-state index contributed by atoms with van der Waals surface area (Å²) in [6, 6.07) is 0. The van der Waals surface area contributed by atoms with Crippen LogP contribution in [0.5, 0.6) is 0 Å². The molecule has 0 spiro atoms. The number of aliphatic carboxylic acids is 4. The zero-order valence-corrected chi connectivity index (χ0v) is 15.1. The summed E-state index contributed by atoms with van der Waals surface area (Å²) in [7, 11) is 0. The molecule has 0 aromatic rings. The first-order valence-electron chi connectivity index (χ1n) is 8.27. The van der Waals surface area contributed by atoms with E-state index in [1.54, 1.807) is 0 Å². The van der Waals surface area contributed by atoms with Gasteiger partial charge in [0.25, 0.3) is 0 Å². The molecule has 0 atom stereocenters. The van der Waals surface area contributed by atoms with Crippen molar-refractivity contribution in [3.8, 4) is 0 Å². The first-order valence-corrected chi connectivity index (χ1v) is 8.27. The summed E-state index contributed by atoms with van der Waals surface area (Å²) in [6.45, 7) is 0.655. The molecule has 0 radical (unpaired) electrons. The fourth-order valence-corrected chi connectivity index (χ4v) is 1.42. The molecule has 0 saturated carbocycles. The average molecular weight is 408 g/mol. The molecule has 0 bridgehead atoms. The lowest BCUT2D eigenvalue weighted by Gasteiger charge is -2.08. The van der Waals surface area contributed by atoms with Gasteiger partial charge < -0.3 is 29.9 Å². The van der Waals surface area contributed by atoms with Gasteiger partial charge in [0, 0.05) is 12.8 Å². The van der Waals surface area contributed by atoms with Crippen LogP contribution in [0.3, 0.4) is 0 Å². The van der Waals surface area contributed by atoms with Crippen LogP contribution in [0.1, 0.15) is 51.4 Å². The highest BCUT2D eigenvalue weighted by Crippen LogP contribution is 1.99. The van der Waals surface area contributed by atoms with Gasteiger partial charge in [-0.1, -0.05) is 0 Å². The van der Waals surface area contributed by atoms with Gasteiger partial charge in [-0.2, -0.15) is 0 Å². The normalized spacial score (nSPS) is 13.0. The van der Waals surface area contributed by atoms with Gasteiger partial charge in [0.05, 0.1) is 26.1 Å². The second-order valence-electron chi connectivity index (χ2n) is 5.26. The van der Waals surface area contributed by atoms with Crippen molar-refractivity contribution >= 4 is 35.8 Å². The van der Waals surface area contributed by atoms with Crippen molar-refractivity contribution < 1.29 is 58.7 Å². The van der Waals surface area contributed by atoms with Crippen molar-refractivity contribution in [3.05, 3.63) is 0 Å². The SMILES string of the molecule is O=C(O)CCC(=O)O.O=C(O)CCCCC(=O)O.O=C1OCCCCOC1=O. The van der Waals surface area contributed by atoms with Gasteiger partial charge in [-0.15, -0.1) is 0 Å². The number of hydrogen-bond donors (Lipinski definition) is 4. The lowest BCUT2D eigenvalue weighted by atomic mass is 10.2. The molecule has 1 aliphatic heterocycles. The van der Waals surface area contributed by atoms with E-state index in [0.717, 1.165) is 12.8 Å². The standard InChI is InChI=1S/C6H8O4.C6H10O4.C4H6O4/c7-5-6(8)10-4-2-1-3-9-5;7-5(8)3-1-2-4-6(9)10;5-3(6)1-2-4(7)8/h1-4H2;1-4H2,(H,7,8)(H,9,10);1-2H2,(H,5,6)(H,7,8). The van der Waals surface area contributed by atoms with Crippen molar-refractivity contribution in [2.45, 2.75) is 51.4 Å². The van der Waals surface area contributed by atoms with Crippen LogP contribution >= 0.6 is 0 Å². The van der Waals surface area contributed by atoms with Gasteiger partial charge in [-0.05, 0) is 25.7 Å². The summed E-state index contributed by atoms with van der Waals surface area (Å²) in [5.74, 6) is -5.64. The zero-order chi connectivity index (χ0) is 21.9. The first kappa shape index (κ1) is 27.0. The van der Waals surface area contributed by atoms with Crippen LogP contribution in [0.15, 0.2) is 0 Å². The minimum absolute atomic E-state index is 0.0628. The molecule has 12 heteroatoms. The van der Waals surface area contributed by atoms with E-state index < -0.39 is 35.8 Å². The van der Waals surface area contributed by atoms with Gasteiger partial charge in [0.15, 0.2) is 0 Å². The van der Waals surface area contributed by atoms with E-state index in [1.807, 2.05) is 0 Å². The van der Waals surface area contributed by atoms with Gasteiger partial charge in [-0.3, -0.25) is 19.2 Å². The Balaban J connectivity index is 0. The van der Waals surface area contributed by atoms with Crippen LogP contribution in [0.25, 0.3) is 0 Å². The summed E-state index contributed by atoms with van der Waals surface area (Å²) >= 11 is 0. The number of cyclic esters (lactones) is 2. The summed E-state index contributed by atoms with van der Waals surface area (Å²) in [6.07, 6.45) is 1.95. The summed E-state index contributed by atoms with van der Waals surface area (Å²) in [5.41, 5.74) is 0. The third-order valence-electron chi connectivity index (χ3n) is 2.76. The number of carbonyl (C=O) groups is 6. The number of rotatable bonds is 8. The van der Waals surface area contributed by atoms with Crippen LogP contribution in [0.4, 0.5) is 0 Å². The van der Waals surface area contributed by atoms with Crippen LogP contribution in [-0.4, -0.2) is 69.5 Å². The maximum absolute atomic E-state index is 10.5. The Labute approximate surface area is 160 Å². The van der Waals surface area contributed by atoms with Crippen molar-refractivity contribution in [1.82, 2.24) is 0 Å². The lowest BCUT2D eigenvalue weighted by molar-refractivity contribution is -0.169. The van der Waals surface area contributed by atoms with Crippen LogP contribution in [0, 0.1) is 0 Å². The van der Waals surface area contributed by atoms with E-state index in [0.29, 0.717) is 26.1 Å². The molecule has 0 unspecified atom stereocenters. The Morgan fingerprint density at radius 2 is 0.893 bits per heavy atom. The average Bonchev–Trinajstić information content (AvgIpc) is 2.59. The highest BCUT2D eigenvalue weighted by atomic mass is 16.6. The molecule has 4 N–H and O–H groups in total. The van der Waals surface area contributed by atoms with Gasteiger partial charge in [0.2, 0.25) is 0 Å². The molecule has 0 aliphatic carbocycles. The number of ether oxygens (including phenoxy) is 2. The predicted octanol–water partition coefficient (Wildman–Crippen LogP) is 0.518. The predicted molar refractivity (Wildman–Crippen MR) is 89.4 cm³/mol. The Hall–Kier alpha value is -3.18. The van der Waals surface area contributed by atoms with Gasteiger partial charge >= 0.3 is 35.8 Å². The smallest absolute Gasteiger partial charge is 0.417 e. The molecule has 0 amide bonds. The highest BCUT2D eigenvalue weighted by Gasteiger charge is 2.18. The zero-order valence-electron chi connectivity index (χ0n) is 15.1. The number of esters is 2. The molecule has 0 aromatic carbocycles. The minimum atomic E-state index is -1.08. The van der Waals surface area contributed by atoms with E-state index in [2.05, 4.69) is 9.47 Å². The maximum atomic E-state index is 10.5. The molecular formula is C16H24O12. The fraction of sp³-hybridized carbons (Fsp3) is 0.625. The summed E-state index contributed by atoms with van der Waals surface area (Å²) in [4.78, 5) is 60.0. The van der Waals surface area contributed by atoms with Crippen molar-refractivity contribution in [1.29, 1.82) is 0 Å². The molecular weight excluding hydrogens is 384 g/mol. The molecule has 1 rings (SSSR count). The lowest BCUT2D eigenvalue weighted by Crippen LogP contribution is -2.23. The molecule has 160 valence electrons. The second-order valence-corrected chi connectivity index (χ2v) is 5.26. The van der Waals surface area contributed by atoms with Crippen LogP contribution < -0.4 is 0 Å². The Morgan fingerprint density at radius 3 is 1.14 bits per heavy atom. The third kappa shape index (κ3) is 22.8. The summed E-state index contributed by atoms with van der Waals surface area (Å²) in [5, 5.41) is 32.1. The number of carbonyl (C=O) groups excluding carboxylic acids is 2. The number of carboxylic acids is 4. The quantitative estimate of drug-likeness (QED) is 0.247. The number of hydrogen-bond acceptors (Lipinski definition) is 8. The van der Waals surface area contributed by atoms with E-state index in [4.69, 9.17) is 20.4 Å². The van der Waals surface area contributed by atoms with E-state index in [1.165, 1.54) is 0 Å². The van der Waals surface area contributed by atoms with Crippen molar-refractivity contribution in [2.75, 3.05) is 13.2 Å². The molecule has 28 heavy (non-hydrogen) atoms. The third-order valence-corrected chi connectivity index (χ3v) is 2.76. The molecule has 1 fully saturated rings. The Morgan fingerprint density at radius 1 is 0.607 bits per heavy atom. The molecule has 1 aliphatic rings. The van der Waals surface area contributed by atoms with E-state index >= 15 is 0 Å². The fourth-order valence-electron chi connectivity index (χ4n) is 1.42. The highest BCUT2D eigenvalue weighted by molar-refractivity contribution is 6.29. The Kier molecular flexibility index (Phi) is 16.7.